The van der Waals surface area contributed by atoms with Gasteiger partial charge in [0.1, 0.15) is 0 Å². The molecular weight excluding hydrogens is 282 g/mol. The van der Waals surface area contributed by atoms with Crippen molar-refractivity contribution in [2.75, 3.05) is 11.2 Å². The highest BCUT2D eigenvalue weighted by Gasteiger charge is 2.30. The van der Waals surface area contributed by atoms with E-state index < -0.39 is 0 Å². The minimum atomic E-state index is -0.286. The van der Waals surface area contributed by atoms with Crippen LogP contribution in [0.2, 0.25) is 0 Å². The summed E-state index contributed by atoms with van der Waals surface area (Å²) in [6, 6.07) is 0. The number of carbonyl (C=O) groups excluding carboxylic acids is 2. The summed E-state index contributed by atoms with van der Waals surface area (Å²) in [7, 11) is 1.74. The number of fused-ring (bicyclic) bond motifs is 1. The molecule has 104 valence electrons. The van der Waals surface area contributed by atoms with Gasteiger partial charge in [-0.15, -0.1) is 0 Å². The van der Waals surface area contributed by atoms with Crippen LogP contribution in [0.4, 0.5) is 10.6 Å². The molecule has 0 bridgehead atoms. The first kappa shape index (κ1) is 12.8. The molecule has 20 heavy (non-hydrogen) atoms. The maximum Gasteiger partial charge on any atom is 0.289 e. The molecule has 0 radical (unpaired) electrons. The summed E-state index contributed by atoms with van der Waals surface area (Å²) in [5.74, 6) is 6.09. The lowest BCUT2D eigenvalue weighted by molar-refractivity contribution is -0.125. The summed E-state index contributed by atoms with van der Waals surface area (Å²) >= 11 is 0.975. The zero-order chi connectivity index (χ0) is 14.3. The van der Waals surface area contributed by atoms with Gasteiger partial charge in [-0.1, -0.05) is 11.8 Å². The molecule has 0 aliphatic carbocycles. The molecule has 0 unspecified atom stereocenters. The Morgan fingerprint density at radius 1 is 1.45 bits per heavy atom. The fraction of sp³-hybridized carbons (Fsp3) is 0.300. The monoisotopic (exact) mass is 293 g/mol. The van der Waals surface area contributed by atoms with Crippen LogP contribution >= 0.6 is 11.8 Å². The zero-order valence-electron chi connectivity index (χ0n) is 10.5. The molecule has 1 saturated heterocycles. The van der Waals surface area contributed by atoms with Crippen LogP contribution in [0, 0.1) is 0 Å². The molecule has 2 aromatic heterocycles. The number of amides is 2. The van der Waals surface area contributed by atoms with Crippen molar-refractivity contribution in [1.29, 1.82) is 0 Å². The first-order valence-electron chi connectivity index (χ1n) is 5.72. The summed E-state index contributed by atoms with van der Waals surface area (Å²) in [4.78, 5) is 32.8. The van der Waals surface area contributed by atoms with E-state index in [9.17, 15) is 9.59 Å². The molecule has 0 spiro atoms. The van der Waals surface area contributed by atoms with E-state index in [1.165, 1.54) is 0 Å². The van der Waals surface area contributed by atoms with Gasteiger partial charge in [-0.3, -0.25) is 19.2 Å². The van der Waals surface area contributed by atoms with Crippen molar-refractivity contribution in [2.45, 2.75) is 6.54 Å². The van der Waals surface area contributed by atoms with E-state index in [0.717, 1.165) is 16.7 Å². The van der Waals surface area contributed by atoms with Crippen LogP contribution in [0.1, 0.15) is 5.82 Å². The van der Waals surface area contributed by atoms with E-state index in [0.29, 0.717) is 22.7 Å². The highest BCUT2D eigenvalue weighted by Crippen LogP contribution is 2.23. The molecule has 2 aromatic rings. The van der Waals surface area contributed by atoms with Crippen LogP contribution in [-0.2, 0) is 18.4 Å². The second-order valence-corrected chi connectivity index (χ2v) is 5.10. The first-order chi connectivity index (χ1) is 9.60. The average Bonchev–Trinajstić information content (AvgIpc) is 2.96. The minimum Gasteiger partial charge on any atom is -0.308 e. The Morgan fingerprint density at radius 3 is 2.90 bits per heavy atom. The van der Waals surface area contributed by atoms with Gasteiger partial charge in [0.05, 0.1) is 23.9 Å². The van der Waals surface area contributed by atoms with Gasteiger partial charge in [0.2, 0.25) is 5.91 Å². The third kappa shape index (κ3) is 1.98. The van der Waals surface area contributed by atoms with E-state index in [1.54, 1.807) is 17.9 Å². The number of nitrogens with two attached hydrogens (primary N) is 1. The maximum absolute atomic E-state index is 11.6. The number of aryl methyl sites for hydroxylation is 1. The Hall–Kier alpha value is -2.20. The normalized spacial score (nSPS) is 15.4. The van der Waals surface area contributed by atoms with Crippen LogP contribution < -0.4 is 11.3 Å². The van der Waals surface area contributed by atoms with Crippen molar-refractivity contribution >= 4 is 39.8 Å². The molecule has 1 fully saturated rings. The summed E-state index contributed by atoms with van der Waals surface area (Å²) in [5.41, 5.74) is 3.05. The quantitative estimate of drug-likeness (QED) is 0.592. The number of imide groups is 1. The van der Waals surface area contributed by atoms with Gasteiger partial charge in [0.15, 0.2) is 17.3 Å². The van der Waals surface area contributed by atoms with Crippen molar-refractivity contribution in [3.63, 3.8) is 0 Å². The number of nitrogens with one attached hydrogen (secondary N) is 1. The highest BCUT2D eigenvalue weighted by atomic mass is 32.2. The Morgan fingerprint density at radius 2 is 2.25 bits per heavy atom. The number of hydrogen-bond acceptors (Lipinski definition) is 8. The largest absolute Gasteiger partial charge is 0.308 e. The number of hydrogen-bond donors (Lipinski definition) is 2. The van der Waals surface area contributed by atoms with E-state index in [1.807, 2.05) is 0 Å². The zero-order valence-corrected chi connectivity index (χ0v) is 11.3. The molecule has 2 amide bonds. The van der Waals surface area contributed by atoms with Gasteiger partial charge < -0.3 is 5.43 Å². The Kier molecular flexibility index (Phi) is 3.03. The highest BCUT2D eigenvalue weighted by molar-refractivity contribution is 8.14. The Bertz CT molecular complexity index is 697. The van der Waals surface area contributed by atoms with Crippen LogP contribution in [0.25, 0.3) is 11.0 Å². The Labute approximate surface area is 117 Å². The van der Waals surface area contributed by atoms with E-state index >= 15 is 0 Å². The van der Waals surface area contributed by atoms with E-state index in [2.05, 4.69) is 20.5 Å². The number of anilines is 1. The van der Waals surface area contributed by atoms with Crippen LogP contribution in [0.5, 0.6) is 0 Å². The molecular formula is C10H11N7O2S. The molecule has 1 aliphatic rings. The molecule has 10 heteroatoms. The fourth-order valence-electron chi connectivity index (χ4n) is 1.92. The van der Waals surface area contributed by atoms with Crippen LogP contribution in [0.15, 0.2) is 6.20 Å². The van der Waals surface area contributed by atoms with Crippen molar-refractivity contribution in [3.8, 4) is 0 Å². The van der Waals surface area contributed by atoms with Gasteiger partial charge in [0.25, 0.3) is 5.24 Å². The second-order valence-electron chi connectivity index (χ2n) is 4.17. The first-order valence-corrected chi connectivity index (χ1v) is 6.71. The predicted octanol–water partition coefficient (Wildman–Crippen LogP) is -0.156. The number of hydrazine groups is 1. The van der Waals surface area contributed by atoms with Gasteiger partial charge >= 0.3 is 0 Å². The summed E-state index contributed by atoms with van der Waals surface area (Å²) in [6.07, 6.45) is 1.59. The SMILES string of the molecule is Cn1ncc2c(NN)nc(CN3C(=O)CSC3=O)nc21. The fourth-order valence-corrected chi connectivity index (χ4v) is 2.65. The maximum atomic E-state index is 11.6. The van der Waals surface area contributed by atoms with Gasteiger partial charge in [0, 0.05) is 7.05 Å². The smallest absolute Gasteiger partial charge is 0.289 e. The van der Waals surface area contributed by atoms with E-state index in [4.69, 9.17) is 5.84 Å². The standard InChI is InChI=1S/C10H11N7O2S/c1-16-9-5(2-12-16)8(15-11)13-6(14-9)3-17-7(18)4-20-10(17)19/h2H,3-4,11H2,1H3,(H,13,14,15). The lowest BCUT2D eigenvalue weighted by atomic mass is 10.3. The number of carbonyl (C=O) groups is 2. The van der Waals surface area contributed by atoms with Gasteiger partial charge in [-0.25, -0.2) is 15.8 Å². The molecule has 3 heterocycles. The molecule has 0 aromatic carbocycles. The number of nitrogen functional groups attached to an aromatic ring is 1. The molecule has 9 nitrogen and oxygen atoms in total. The predicted molar refractivity (Wildman–Crippen MR) is 72.5 cm³/mol. The van der Waals surface area contributed by atoms with Gasteiger partial charge in [-0.05, 0) is 0 Å². The van der Waals surface area contributed by atoms with Crippen molar-refractivity contribution in [3.05, 3.63) is 12.0 Å². The molecule has 3 rings (SSSR count). The lowest BCUT2D eigenvalue weighted by Crippen LogP contribution is -2.29. The molecule has 1 aliphatic heterocycles. The third-order valence-corrected chi connectivity index (χ3v) is 3.77. The van der Waals surface area contributed by atoms with Crippen molar-refractivity contribution in [2.24, 2.45) is 12.9 Å². The number of aromatic nitrogens is 4. The van der Waals surface area contributed by atoms with Crippen molar-refractivity contribution in [1.82, 2.24) is 24.6 Å². The van der Waals surface area contributed by atoms with Crippen LogP contribution in [-0.4, -0.2) is 41.5 Å². The van der Waals surface area contributed by atoms with Crippen molar-refractivity contribution < 1.29 is 9.59 Å². The summed E-state index contributed by atoms with van der Waals surface area (Å²) < 4.78 is 1.57. The lowest BCUT2D eigenvalue weighted by Gasteiger charge is -2.12. The second kappa shape index (κ2) is 4.72. The number of nitrogens with zero attached hydrogens (tertiary/aromatic N) is 5. The number of thioether (sulfide) groups is 1. The summed E-state index contributed by atoms with van der Waals surface area (Å²) in [5, 5.41) is 4.46. The molecule has 0 atom stereocenters. The number of rotatable bonds is 3. The topological polar surface area (TPSA) is 119 Å². The average molecular weight is 293 g/mol. The Balaban J connectivity index is 2.01. The minimum absolute atomic E-state index is 0.0282. The molecule has 0 saturated carbocycles. The molecule has 3 N–H and O–H groups in total. The summed E-state index contributed by atoms with van der Waals surface area (Å²) in [6.45, 7) is 0.0282. The van der Waals surface area contributed by atoms with E-state index in [-0.39, 0.29) is 23.4 Å². The van der Waals surface area contributed by atoms with Crippen LogP contribution in [0.3, 0.4) is 0 Å². The van der Waals surface area contributed by atoms with Gasteiger partial charge in [-0.2, -0.15) is 5.10 Å². The third-order valence-electron chi connectivity index (χ3n) is 2.92.